The van der Waals surface area contributed by atoms with Crippen LogP contribution in [0.3, 0.4) is 0 Å². The van der Waals surface area contributed by atoms with Crippen molar-refractivity contribution in [1.82, 2.24) is 5.32 Å². The van der Waals surface area contributed by atoms with E-state index in [1.165, 1.54) is 11.3 Å². The number of amides is 1. The maximum Gasteiger partial charge on any atom is 0.271 e. The Morgan fingerprint density at radius 2 is 2.15 bits per heavy atom. The second-order valence-electron chi connectivity index (χ2n) is 3.81. The highest BCUT2D eigenvalue weighted by Gasteiger charge is 2.19. The fraction of sp³-hybridized carbons (Fsp3) is 0.0833. The van der Waals surface area contributed by atoms with Gasteiger partial charge in [-0.1, -0.05) is 29.3 Å². The first-order valence-electron chi connectivity index (χ1n) is 5.43. The summed E-state index contributed by atoms with van der Waals surface area (Å²) in [6.07, 6.45) is 0. The van der Waals surface area contributed by atoms with Crippen LogP contribution in [-0.4, -0.2) is 10.8 Å². The molecule has 0 aliphatic carbocycles. The van der Waals surface area contributed by atoms with Crippen molar-refractivity contribution in [3.8, 4) is 0 Å². The number of halogens is 2. The number of non-ortho nitro benzene ring substituents is 1. The van der Waals surface area contributed by atoms with Gasteiger partial charge in [-0.25, -0.2) is 0 Å². The number of nitro benzene ring substituents is 1. The quantitative estimate of drug-likeness (QED) is 0.682. The number of rotatable bonds is 4. The van der Waals surface area contributed by atoms with E-state index in [9.17, 15) is 14.9 Å². The van der Waals surface area contributed by atoms with Gasteiger partial charge < -0.3 is 5.32 Å². The predicted octanol–water partition coefficient (Wildman–Crippen LogP) is 3.89. The third-order valence-corrected chi connectivity index (χ3v) is 4.15. The number of hydrogen-bond acceptors (Lipinski definition) is 4. The molecule has 8 heteroatoms. The monoisotopic (exact) mass is 330 g/mol. The van der Waals surface area contributed by atoms with Crippen LogP contribution in [0.5, 0.6) is 0 Å². The average molecular weight is 331 g/mol. The smallest absolute Gasteiger partial charge is 0.271 e. The van der Waals surface area contributed by atoms with Crippen LogP contribution in [0.2, 0.25) is 10.0 Å². The van der Waals surface area contributed by atoms with Crippen LogP contribution >= 0.6 is 34.5 Å². The van der Waals surface area contributed by atoms with Crippen LogP contribution in [0.15, 0.2) is 29.6 Å². The first-order chi connectivity index (χ1) is 9.49. The minimum atomic E-state index is -0.627. The first-order valence-corrected chi connectivity index (χ1v) is 7.06. The highest BCUT2D eigenvalue weighted by molar-refractivity contribution is 7.09. The second-order valence-corrected chi connectivity index (χ2v) is 5.63. The van der Waals surface area contributed by atoms with E-state index in [4.69, 9.17) is 23.2 Å². The molecule has 0 radical (unpaired) electrons. The number of carbonyl (C=O) groups is 1. The van der Waals surface area contributed by atoms with Crippen LogP contribution in [-0.2, 0) is 6.54 Å². The number of nitro groups is 1. The molecule has 0 fully saturated rings. The molecule has 1 aromatic carbocycles. The Hall–Kier alpha value is -1.63. The Morgan fingerprint density at radius 3 is 2.75 bits per heavy atom. The normalized spacial score (nSPS) is 10.3. The highest BCUT2D eigenvalue weighted by Crippen LogP contribution is 2.30. The van der Waals surface area contributed by atoms with Gasteiger partial charge >= 0.3 is 0 Å². The molecule has 0 unspecified atom stereocenters. The molecule has 0 spiro atoms. The summed E-state index contributed by atoms with van der Waals surface area (Å²) >= 11 is 13.2. The summed E-state index contributed by atoms with van der Waals surface area (Å²) in [4.78, 5) is 23.1. The molecule has 0 bridgehead atoms. The minimum Gasteiger partial charge on any atom is -0.347 e. The molecule has 5 nitrogen and oxygen atoms in total. The van der Waals surface area contributed by atoms with E-state index in [0.717, 1.165) is 17.0 Å². The van der Waals surface area contributed by atoms with Gasteiger partial charge in [-0.15, -0.1) is 11.3 Å². The van der Waals surface area contributed by atoms with Crippen LogP contribution in [0.1, 0.15) is 15.2 Å². The molecule has 2 aromatic rings. The number of nitrogens with one attached hydrogen (secondary N) is 1. The second kappa shape index (κ2) is 6.21. The van der Waals surface area contributed by atoms with Gasteiger partial charge in [0.2, 0.25) is 0 Å². The van der Waals surface area contributed by atoms with Crippen LogP contribution < -0.4 is 5.32 Å². The SMILES string of the molecule is O=C(NCc1cccs1)c1cc([N+](=O)[O-])cc(Cl)c1Cl. The van der Waals surface area contributed by atoms with Gasteiger partial charge in [-0.2, -0.15) is 0 Å². The van der Waals surface area contributed by atoms with Crippen molar-refractivity contribution in [3.63, 3.8) is 0 Å². The van der Waals surface area contributed by atoms with Gasteiger partial charge in [-0.3, -0.25) is 14.9 Å². The van der Waals surface area contributed by atoms with Gasteiger partial charge in [0.25, 0.3) is 11.6 Å². The Bertz CT molecular complexity index is 659. The summed E-state index contributed by atoms with van der Waals surface area (Å²) in [5, 5.41) is 15.3. The van der Waals surface area contributed by atoms with Gasteiger partial charge in [0, 0.05) is 17.0 Å². The fourth-order valence-electron chi connectivity index (χ4n) is 1.52. The first kappa shape index (κ1) is 14.8. The van der Waals surface area contributed by atoms with E-state index in [-0.39, 0.29) is 21.3 Å². The zero-order chi connectivity index (χ0) is 14.7. The van der Waals surface area contributed by atoms with E-state index < -0.39 is 10.8 Å². The van der Waals surface area contributed by atoms with Crippen LogP contribution in [0.4, 0.5) is 5.69 Å². The Morgan fingerprint density at radius 1 is 1.40 bits per heavy atom. The predicted molar refractivity (Wildman–Crippen MR) is 78.6 cm³/mol. The zero-order valence-corrected chi connectivity index (χ0v) is 12.3. The van der Waals surface area contributed by atoms with E-state index in [0.29, 0.717) is 6.54 Å². The Labute approximate surface area is 128 Å². The number of hydrogen-bond donors (Lipinski definition) is 1. The van der Waals surface area contributed by atoms with Crippen molar-refractivity contribution in [3.05, 3.63) is 60.2 Å². The molecule has 0 aliphatic rings. The third kappa shape index (κ3) is 3.27. The van der Waals surface area contributed by atoms with Crippen molar-refractivity contribution >= 4 is 46.1 Å². The summed E-state index contributed by atoms with van der Waals surface area (Å²) in [5.41, 5.74) is -0.289. The molecule has 104 valence electrons. The van der Waals surface area contributed by atoms with Crippen molar-refractivity contribution < 1.29 is 9.72 Å². The molecular formula is C12H8Cl2N2O3S. The maximum absolute atomic E-state index is 12.0. The van der Waals surface area contributed by atoms with Gasteiger partial charge in [0.1, 0.15) is 0 Å². The lowest BCUT2D eigenvalue weighted by Gasteiger charge is -2.07. The molecule has 2 rings (SSSR count). The maximum atomic E-state index is 12.0. The van der Waals surface area contributed by atoms with E-state index >= 15 is 0 Å². The number of benzene rings is 1. The van der Waals surface area contributed by atoms with E-state index in [2.05, 4.69) is 5.32 Å². The van der Waals surface area contributed by atoms with Crippen LogP contribution in [0, 0.1) is 10.1 Å². The van der Waals surface area contributed by atoms with Gasteiger partial charge in [0.05, 0.1) is 27.1 Å². The van der Waals surface area contributed by atoms with Gasteiger partial charge in [-0.05, 0) is 11.4 Å². The summed E-state index contributed by atoms with van der Waals surface area (Å²) in [6, 6.07) is 5.95. The summed E-state index contributed by atoms with van der Waals surface area (Å²) in [7, 11) is 0. The van der Waals surface area contributed by atoms with E-state index in [1.807, 2.05) is 17.5 Å². The van der Waals surface area contributed by atoms with E-state index in [1.54, 1.807) is 0 Å². The van der Waals surface area contributed by atoms with Crippen LogP contribution in [0.25, 0.3) is 0 Å². The molecule has 20 heavy (non-hydrogen) atoms. The fourth-order valence-corrected chi connectivity index (χ4v) is 2.57. The molecule has 1 N–H and O–H groups in total. The molecule has 0 atom stereocenters. The van der Waals surface area contributed by atoms with Crippen molar-refractivity contribution in [2.45, 2.75) is 6.54 Å². The van der Waals surface area contributed by atoms with Crippen molar-refractivity contribution in [2.75, 3.05) is 0 Å². The summed E-state index contributed by atoms with van der Waals surface area (Å²) in [5.74, 6) is -0.506. The topological polar surface area (TPSA) is 72.2 Å². The molecule has 1 aromatic heterocycles. The summed E-state index contributed by atoms with van der Waals surface area (Å²) < 4.78 is 0. The van der Waals surface area contributed by atoms with Gasteiger partial charge in [0.15, 0.2) is 0 Å². The number of nitrogens with zero attached hydrogens (tertiary/aromatic N) is 1. The molecule has 0 aliphatic heterocycles. The molecule has 0 saturated heterocycles. The lowest BCUT2D eigenvalue weighted by atomic mass is 10.2. The standard InChI is InChI=1S/C12H8Cl2N2O3S/c13-10-5-7(16(18)19)4-9(11(10)14)12(17)15-6-8-2-1-3-20-8/h1-5H,6H2,(H,15,17). The molecular weight excluding hydrogens is 323 g/mol. The lowest BCUT2D eigenvalue weighted by molar-refractivity contribution is -0.384. The van der Waals surface area contributed by atoms with Crippen molar-refractivity contribution in [1.29, 1.82) is 0 Å². The molecule has 1 heterocycles. The third-order valence-electron chi connectivity index (χ3n) is 2.47. The average Bonchev–Trinajstić information content (AvgIpc) is 2.92. The Kier molecular flexibility index (Phi) is 4.59. The molecule has 0 saturated carbocycles. The minimum absolute atomic E-state index is 0.000876. The number of carbonyl (C=O) groups excluding carboxylic acids is 1. The molecule has 1 amide bonds. The lowest BCUT2D eigenvalue weighted by Crippen LogP contribution is -2.22. The Balaban J connectivity index is 2.22. The largest absolute Gasteiger partial charge is 0.347 e. The number of thiophene rings is 1. The zero-order valence-electron chi connectivity index (χ0n) is 9.93. The highest BCUT2D eigenvalue weighted by atomic mass is 35.5. The van der Waals surface area contributed by atoms with Crippen molar-refractivity contribution in [2.24, 2.45) is 0 Å². The summed E-state index contributed by atoms with van der Waals surface area (Å²) in [6.45, 7) is 0.327.